The number of rotatable bonds is 11. The van der Waals surface area contributed by atoms with Crippen molar-refractivity contribution in [3.8, 4) is 0 Å². The Morgan fingerprint density at radius 3 is 2.17 bits per heavy atom. The number of piperazine rings is 1. The number of nitrogens with zero attached hydrogens (tertiary/aromatic N) is 4. The van der Waals surface area contributed by atoms with Crippen LogP contribution in [-0.4, -0.2) is 101 Å². The maximum absolute atomic E-state index is 15.1. The first kappa shape index (κ1) is 40.2. The largest absolute Gasteiger partial charge is 0.466 e. The van der Waals surface area contributed by atoms with Crippen LogP contribution in [0, 0.1) is 11.3 Å². The van der Waals surface area contributed by atoms with Crippen LogP contribution in [0.25, 0.3) is 10.9 Å². The molecule has 3 aliphatic rings. The van der Waals surface area contributed by atoms with Gasteiger partial charge in [-0.05, 0) is 69.2 Å². The molecular weight excluding hydrogens is 729 g/mol. The number of carbonyl (C=O) groups is 4. The molecular formula is C41H53Cl2N5O6. The van der Waals surface area contributed by atoms with E-state index >= 15 is 4.79 Å². The van der Waals surface area contributed by atoms with Gasteiger partial charge in [-0.2, -0.15) is 0 Å². The number of likely N-dealkylation sites (tertiary alicyclic amines) is 1. The first-order chi connectivity index (χ1) is 25.7. The molecule has 2 saturated heterocycles. The topological polar surface area (TPSA) is 113 Å². The second kappa shape index (κ2) is 16.7. The maximum atomic E-state index is 15.1. The predicted octanol–water partition coefficient (Wildman–Crippen LogP) is 6.93. The van der Waals surface area contributed by atoms with Crippen LogP contribution >= 0.6 is 23.2 Å². The minimum Gasteiger partial charge on any atom is -0.466 e. The Hall–Kier alpha value is -3.48. The van der Waals surface area contributed by atoms with E-state index in [1.165, 1.54) is 0 Å². The second-order valence-electron chi connectivity index (χ2n) is 15.8. The molecule has 292 valence electrons. The Labute approximate surface area is 328 Å². The number of ketones is 1. The van der Waals surface area contributed by atoms with E-state index in [2.05, 4.69) is 15.1 Å². The average Bonchev–Trinajstić information content (AvgIpc) is 3.81. The predicted molar refractivity (Wildman–Crippen MR) is 211 cm³/mol. The number of carbonyl (C=O) groups excluding carboxylic acids is 4. The number of benzene rings is 2. The van der Waals surface area contributed by atoms with Crippen LogP contribution in [0.15, 0.2) is 42.6 Å². The SMILES string of the molecule is CCOC(=O)C1CCC(OC(C(=O)Cc2cc(Cl)c(NC(=O)c3cn(C)c4ccccc34)cc2Cl)(N2CCCC2)N2CCN(C(=O)C(C)(C)C)CC2)CC1. The van der Waals surface area contributed by atoms with Crippen LogP contribution in [0.4, 0.5) is 5.69 Å². The number of ether oxygens (including phenoxy) is 2. The smallest absolute Gasteiger partial charge is 0.308 e. The summed E-state index contributed by atoms with van der Waals surface area (Å²) in [6.45, 7) is 11.1. The van der Waals surface area contributed by atoms with E-state index in [-0.39, 0.29) is 47.0 Å². The monoisotopic (exact) mass is 781 g/mol. The third kappa shape index (κ3) is 8.35. The van der Waals surface area contributed by atoms with Gasteiger partial charge < -0.3 is 24.3 Å². The summed E-state index contributed by atoms with van der Waals surface area (Å²) in [6.07, 6.45) is 5.78. The highest BCUT2D eigenvalue weighted by Gasteiger charge is 2.53. The highest BCUT2D eigenvalue weighted by Crippen LogP contribution is 2.38. The van der Waals surface area contributed by atoms with Gasteiger partial charge >= 0.3 is 5.97 Å². The summed E-state index contributed by atoms with van der Waals surface area (Å²) in [5, 5.41) is 4.29. The molecule has 1 unspecified atom stereocenters. The van der Waals surface area contributed by atoms with E-state index < -0.39 is 11.3 Å². The van der Waals surface area contributed by atoms with Crippen molar-refractivity contribution in [2.24, 2.45) is 18.4 Å². The molecule has 54 heavy (non-hydrogen) atoms. The van der Waals surface area contributed by atoms with Crippen molar-refractivity contribution < 1.29 is 28.7 Å². The number of halogens is 2. The molecule has 1 aromatic heterocycles. The van der Waals surface area contributed by atoms with Crippen LogP contribution in [-0.2, 0) is 37.3 Å². The molecule has 2 aromatic carbocycles. The third-order valence-electron chi connectivity index (χ3n) is 11.0. The Balaban J connectivity index is 1.27. The highest BCUT2D eigenvalue weighted by atomic mass is 35.5. The fourth-order valence-electron chi connectivity index (χ4n) is 8.20. The summed E-state index contributed by atoms with van der Waals surface area (Å²) in [4.78, 5) is 60.6. The molecule has 3 heterocycles. The highest BCUT2D eigenvalue weighted by molar-refractivity contribution is 6.36. The van der Waals surface area contributed by atoms with Crippen molar-refractivity contribution >= 4 is 63.4 Å². The lowest BCUT2D eigenvalue weighted by molar-refractivity contribution is -0.260. The van der Waals surface area contributed by atoms with Crippen molar-refractivity contribution in [1.82, 2.24) is 19.3 Å². The van der Waals surface area contributed by atoms with Crippen molar-refractivity contribution in [2.45, 2.75) is 84.6 Å². The zero-order valence-electron chi connectivity index (χ0n) is 32.1. The zero-order valence-corrected chi connectivity index (χ0v) is 33.6. The Bertz CT molecular complexity index is 1870. The number of amides is 2. The maximum Gasteiger partial charge on any atom is 0.308 e. The molecule has 0 radical (unpaired) electrons. The van der Waals surface area contributed by atoms with Crippen molar-refractivity contribution in [2.75, 3.05) is 51.2 Å². The number of aryl methyl sites for hydroxylation is 1. The van der Waals surface area contributed by atoms with Gasteiger partial charge in [0.1, 0.15) is 0 Å². The molecule has 13 heteroatoms. The fourth-order valence-corrected chi connectivity index (χ4v) is 8.67. The molecule has 2 aliphatic heterocycles. The van der Waals surface area contributed by atoms with Crippen LogP contribution < -0.4 is 5.32 Å². The summed E-state index contributed by atoms with van der Waals surface area (Å²) in [7, 11) is 1.89. The van der Waals surface area contributed by atoms with E-state index in [1.807, 2.05) is 68.5 Å². The summed E-state index contributed by atoms with van der Waals surface area (Å²) < 4.78 is 14.3. The number of Topliss-reactive ketones (excluding diaryl/α,β-unsaturated/α-hetero) is 1. The second-order valence-corrected chi connectivity index (χ2v) is 16.6. The fraction of sp³-hybridized carbons (Fsp3) is 0.561. The molecule has 3 fully saturated rings. The van der Waals surface area contributed by atoms with Crippen molar-refractivity contribution in [1.29, 1.82) is 0 Å². The quantitative estimate of drug-likeness (QED) is 0.209. The van der Waals surface area contributed by atoms with Gasteiger partial charge in [0, 0.05) is 80.3 Å². The number of aromatic nitrogens is 1. The van der Waals surface area contributed by atoms with Gasteiger partial charge in [0.05, 0.1) is 34.9 Å². The first-order valence-corrected chi connectivity index (χ1v) is 20.0. The standard InChI is InChI=1S/C41H53Cl2N5O6/c1-6-53-38(51)27-13-15-29(16-14-27)54-41(47-17-9-10-18-47,48-21-19-46(20-22-48)39(52)40(2,3)4)36(49)24-28-23-33(43)34(25-32(28)42)44-37(50)31-26-45(5)35-12-8-7-11-30(31)35/h7-8,11-12,23,25-27,29H,6,9-10,13-22,24H2,1-5H3,(H,44,50). The Morgan fingerprint density at radius 2 is 1.52 bits per heavy atom. The number of fused-ring (bicyclic) bond motifs is 1. The third-order valence-corrected chi connectivity index (χ3v) is 11.7. The molecule has 1 atom stereocenters. The summed E-state index contributed by atoms with van der Waals surface area (Å²) in [6, 6.07) is 10.9. The van der Waals surface area contributed by atoms with Gasteiger partial charge in [0.15, 0.2) is 5.78 Å². The molecule has 3 aromatic rings. The average molecular weight is 783 g/mol. The number of para-hydroxylation sites is 1. The van der Waals surface area contributed by atoms with Gasteiger partial charge in [-0.3, -0.25) is 29.0 Å². The number of hydrogen-bond acceptors (Lipinski definition) is 8. The van der Waals surface area contributed by atoms with E-state index in [0.717, 1.165) is 23.7 Å². The molecule has 1 saturated carbocycles. The lowest BCUT2D eigenvalue weighted by atomic mass is 9.87. The summed E-state index contributed by atoms with van der Waals surface area (Å²) in [5.41, 5.74) is 1.78. The van der Waals surface area contributed by atoms with E-state index in [9.17, 15) is 14.4 Å². The van der Waals surface area contributed by atoms with Crippen LogP contribution in [0.2, 0.25) is 10.0 Å². The van der Waals surface area contributed by atoms with Crippen LogP contribution in [0.3, 0.4) is 0 Å². The van der Waals surface area contributed by atoms with E-state index in [0.29, 0.717) is 93.4 Å². The molecule has 0 spiro atoms. The Morgan fingerprint density at radius 1 is 0.870 bits per heavy atom. The molecule has 11 nitrogen and oxygen atoms in total. The first-order valence-electron chi connectivity index (χ1n) is 19.2. The molecule has 6 rings (SSSR count). The number of hydrogen-bond donors (Lipinski definition) is 1. The van der Waals surface area contributed by atoms with Crippen LogP contribution in [0.5, 0.6) is 0 Å². The minimum absolute atomic E-state index is 0.0636. The summed E-state index contributed by atoms with van der Waals surface area (Å²) in [5.74, 6) is -2.19. The van der Waals surface area contributed by atoms with Gasteiger partial charge in [0.2, 0.25) is 11.8 Å². The lowest BCUT2D eigenvalue weighted by Gasteiger charge is -2.52. The lowest BCUT2D eigenvalue weighted by Crippen LogP contribution is -2.71. The Kier molecular flexibility index (Phi) is 12.4. The van der Waals surface area contributed by atoms with Gasteiger partial charge in [-0.25, -0.2) is 0 Å². The molecule has 1 aliphatic carbocycles. The van der Waals surface area contributed by atoms with Crippen LogP contribution in [0.1, 0.15) is 82.1 Å². The minimum atomic E-state index is -1.41. The van der Waals surface area contributed by atoms with E-state index in [4.69, 9.17) is 32.7 Å². The van der Waals surface area contributed by atoms with Gasteiger partial charge in [0.25, 0.3) is 5.91 Å². The van der Waals surface area contributed by atoms with Gasteiger partial charge in [-0.1, -0.05) is 62.2 Å². The number of nitrogens with one attached hydrogen (secondary N) is 1. The number of esters is 1. The van der Waals surface area contributed by atoms with Gasteiger partial charge in [-0.15, -0.1) is 0 Å². The molecule has 1 N–H and O–H groups in total. The molecule has 2 amide bonds. The molecule has 0 bridgehead atoms. The summed E-state index contributed by atoms with van der Waals surface area (Å²) >= 11 is 13.7. The van der Waals surface area contributed by atoms with Crippen molar-refractivity contribution in [3.05, 3.63) is 63.8 Å². The van der Waals surface area contributed by atoms with Crippen molar-refractivity contribution in [3.63, 3.8) is 0 Å². The zero-order chi connectivity index (χ0) is 38.8. The number of anilines is 1. The van der Waals surface area contributed by atoms with E-state index in [1.54, 1.807) is 18.3 Å². The normalized spacial score (nSPS) is 21.2.